The highest BCUT2D eigenvalue weighted by Crippen LogP contribution is 2.23. The van der Waals surface area contributed by atoms with Gasteiger partial charge >= 0.3 is 0 Å². The van der Waals surface area contributed by atoms with Gasteiger partial charge in [-0.25, -0.2) is 0 Å². The first kappa shape index (κ1) is 14.8. The summed E-state index contributed by atoms with van der Waals surface area (Å²) in [4.78, 5) is 23.0. The summed E-state index contributed by atoms with van der Waals surface area (Å²) in [5.41, 5.74) is 5.87. The third-order valence-corrected chi connectivity index (χ3v) is 3.28. The maximum atomic E-state index is 11.9. The smallest absolute Gasteiger partial charge is 0.248 e. The van der Waals surface area contributed by atoms with Gasteiger partial charge in [0.05, 0.1) is 23.9 Å². The number of benzene rings is 1. The molecule has 6 nitrogen and oxygen atoms in total. The van der Waals surface area contributed by atoms with Gasteiger partial charge in [0, 0.05) is 24.6 Å². The van der Waals surface area contributed by atoms with Gasteiger partial charge < -0.3 is 21.1 Å². The lowest BCUT2D eigenvalue weighted by Gasteiger charge is -2.23. The first-order chi connectivity index (χ1) is 9.56. The van der Waals surface area contributed by atoms with Crippen LogP contribution in [0.3, 0.4) is 0 Å². The Kier molecular flexibility index (Phi) is 4.94. The monoisotopic (exact) mass is 297 g/mol. The second kappa shape index (κ2) is 6.69. The van der Waals surface area contributed by atoms with Crippen LogP contribution in [0.1, 0.15) is 16.8 Å². The van der Waals surface area contributed by atoms with Crippen molar-refractivity contribution in [1.29, 1.82) is 0 Å². The van der Waals surface area contributed by atoms with Crippen LogP contribution in [0.4, 0.5) is 5.69 Å². The topological polar surface area (TPSA) is 93.5 Å². The van der Waals surface area contributed by atoms with Crippen molar-refractivity contribution < 1.29 is 14.3 Å². The van der Waals surface area contributed by atoms with Crippen LogP contribution in [0, 0.1) is 0 Å². The van der Waals surface area contributed by atoms with Crippen LogP contribution in [0.15, 0.2) is 18.2 Å². The van der Waals surface area contributed by atoms with Crippen LogP contribution in [0.2, 0.25) is 5.02 Å². The number of anilines is 1. The van der Waals surface area contributed by atoms with Crippen LogP contribution in [0.25, 0.3) is 0 Å². The van der Waals surface area contributed by atoms with E-state index in [0.717, 1.165) is 6.54 Å². The molecule has 1 unspecified atom stereocenters. The number of morpholine rings is 1. The Morgan fingerprint density at radius 3 is 2.95 bits per heavy atom. The number of primary amides is 1. The molecule has 1 aromatic rings. The number of halogens is 1. The maximum Gasteiger partial charge on any atom is 0.248 e. The molecule has 1 atom stereocenters. The van der Waals surface area contributed by atoms with E-state index in [1.54, 1.807) is 0 Å². The molecular weight excluding hydrogens is 282 g/mol. The minimum atomic E-state index is -0.570. The molecule has 1 heterocycles. The Morgan fingerprint density at radius 2 is 2.30 bits per heavy atom. The van der Waals surface area contributed by atoms with E-state index in [-0.39, 0.29) is 18.4 Å². The number of carbonyl (C=O) groups is 2. The van der Waals surface area contributed by atoms with Gasteiger partial charge in [0.25, 0.3) is 0 Å². The van der Waals surface area contributed by atoms with Gasteiger partial charge in [-0.1, -0.05) is 11.6 Å². The van der Waals surface area contributed by atoms with Crippen molar-refractivity contribution in [2.24, 2.45) is 5.73 Å². The second-order valence-electron chi connectivity index (χ2n) is 4.54. The molecule has 0 radical (unpaired) electrons. The third kappa shape index (κ3) is 3.93. The summed E-state index contributed by atoms with van der Waals surface area (Å²) in [6.07, 6.45) is 0.275. The molecule has 4 N–H and O–H groups in total. The Hall–Kier alpha value is -1.63. The molecule has 2 rings (SSSR count). The number of nitrogens with two attached hydrogens (primary N) is 1. The van der Waals surface area contributed by atoms with Crippen LogP contribution >= 0.6 is 11.6 Å². The summed E-state index contributed by atoms with van der Waals surface area (Å²) in [6.45, 7) is 1.89. The predicted octanol–water partition coefficient (Wildman–Crippen LogP) is 0.756. The molecule has 108 valence electrons. The largest absolute Gasteiger partial charge is 0.378 e. The Bertz CT molecular complexity index is 516. The van der Waals surface area contributed by atoms with Gasteiger partial charge in [-0.05, 0) is 18.2 Å². The lowest BCUT2D eigenvalue weighted by Crippen LogP contribution is -2.43. The van der Waals surface area contributed by atoms with Gasteiger partial charge in [0.1, 0.15) is 0 Å². The molecule has 0 aromatic heterocycles. The summed E-state index contributed by atoms with van der Waals surface area (Å²) in [7, 11) is 0. The van der Waals surface area contributed by atoms with E-state index < -0.39 is 5.91 Å². The fourth-order valence-corrected chi connectivity index (χ4v) is 2.11. The number of ether oxygens (including phenoxy) is 1. The first-order valence-corrected chi connectivity index (χ1v) is 6.64. The molecule has 1 saturated heterocycles. The molecule has 1 fully saturated rings. The van der Waals surface area contributed by atoms with Crippen molar-refractivity contribution >= 4 is 29.1 Å². The summed E-state index contributed by atoms with van der Waals surface area (Å²) < 4.78 is 5.28. The number of hydrogen-bond acceptors (Lipinski definition) is 4. The van der Waals surface area contributed by atoms with Crippen LogP contribution in [-0.4, -0.2) is 37.6 Å². The quantitative estimate of drug-likeness (QED) is 0.765. The molecule has 20 heavy (non-hydrogen) atoms. The molecule has 0 saturated carbocycles. The van der Waals surface area contributed by atoms with Crippen LogP contribution < -0.4 is 16.4 Å². The van der Waals surface area contributed by atoms with Gasteiger partial charge in [-0.3, -0.25) is 9.59 Å². The van der Waals surface area contributed by atoms with Crippen molar-refractivity contribution in [1.82, 2.24) is 5.32 Å². The van der Waals surface area contributed by atoms with Crippen molar-refractivity contribution in [2.75, 3.05) is 25.1 Å². The zero-order chi connectivity index (χ0) is 14.5. The zero-order valence-electron chi connectivity index (χ0n) is 10.8. The Morgan fingerprint density at radius 1 is 1.50 bits per heavy atom. The molecule has 0 aliphatic carbocycles. The molecule has 2 amide bonds. The number of nitrogens with one attached hydrogen (secondary N) is 2. The molecule has 0 bridgehead atoms. The third-order valence-electron chi connectivity index (χ3n) is 2.96. The summed E-state index contributed by atoms with van der Waals surface area (Å²) in [6, 6.07) is 4.49. The Balaban J connectivity index is 1.99. The summed E-state index contributed by atoms with van der Waals surface area (Å²) in [5.74, 6) is -0.768. The van der Waals surface area contributed by atoms with Crippen LogP contribution in [-0.2, 0) is 9.53 Å². The highest BCUT2D eigenvalue weighted by Gasteiger charge is 2.17. The number of carbonyl (C=O) groups excluding carboxylic acids is 2. The summed E-state index contributed by atoms with van der Waals surface area (Å²) in [5, 5.41) is 6.22. The lowest BCUT2D eigenvalue weighted by molar-refractivity contribution is -0.117. The SMILES string of the molecule is NC(=O)c1ccc(Cl)c(NC(=O)CC2COCCN2)c1. The van der Waals surface area contributed by atoms with Crippen molar-refractivity contribution in [3.05, 3.63) is 28.8 Å². The predicted molar refractivity (Wildman–Crippen MR) is 75.8 cm³/mol. The molecule has 1 aliphatic heterocycles. The van der Waals surface area contributed by atoms with Gasteiger partial charge in [0.15, 0.2) is 0 Å². The van der Waals surface area contributed by atoms with E-state index in [0.29, 0.717) is 29.5 Å². The second-order valence-corrected chi connectivity index (χ2v) is 4.94. The number of rotatable bonds is 4. The van der Waals surface area contributed by atoms with E-state index in [4.69, 9.17) is 22.1 Å². The van der Waals surface area contributed by atoms with Gasteiger partial charge in [-0.2, -0.15) is 0 Å². The van der Waals surface area contributed by atoms with Gasteiger partial charge in [0.2, 0.25) is 11.8 Å². The van der Waals surface area contributed by atoms with E-state index in [1.165, 1.54) is 18.2 Å². The number of amides is 2. The standard InChI is InChI=1S/C13H16ClN3O3/c14-10-2-1-8(13(15)19)5-11(10)17-12(18)6-9-7-20-4-3-16-9/h1-2,5,9,16H,3-4,6-7H2,(H2,15,19)(H,17,18). The zero-order valence-corrected chi connectivity index (χ0v) is 11.6. The first-order valence-electron chi connectivity index (χ1n) is 6.26. The van der Waals surface area contributed by atoms with Crippen molar-refractivity contribution in [2.45, 2.75) is 12.5 Å². The fraction of sp³-hybridized carbons (Fsp3) is 0.385. The van der Waals surface area contributed by atoms with Crippen molar-refractivity contribution in [3.8, 4) is 0 Å². The average Bonchev–Trinajstić information content (AvgIpc) is 2.42. The lowest BCUT2D eigenvalue weighted by atomic mass is 10.1. The molecule has 0 spiro atoms. The minimum absolute atomic E-state index is 0.0122. The maximum absolute atomic E-state index is 11.9. The minimum Gasteiger partial charge on any atom is -0.378 e. The van der Waals surface area contributed by atoms with E-state index in [9.17, 15) is 9.59 Å². The fourth-order valence-electron chi connectivity index (χ4n) is 1.95. The average molecular weight is 298 g/mol. The van der Waals surface area contributed by atoms with E-state index in [2.05, 4.69) is 10.6 Å². The van der Waals surface area contributed by atoms with E-state index >= 15 is 0 Å². The van der Waals surface area contributed by atoms with Crippen LogP contribution in [0.5, 0.6) is 0 Å². The summed E-state index contributed by atoms with van der Waals surface area (Å²) >= 11 is 5.98. The molecule has 1 aromatic carbocycles. The van der Waals surface area contributed by atoms with Gasteiger partial charge in [-0.15, -0.1) is 0 Å². The molecular formula is C13H16ClN3O3. The molecule has 7 heteroatoms. The number of hydrogen-bond donors (Lipinski definition) is 3. The van der Waals surface area contributed by atoms with E-state index in [1.807, 2.05) is 0 Å². The van der Waals surface area contributed by atoms with Crippen molar-refractivity contribution in [3.63, 3.8) is 0 Å². The molecule has 1 aliphatic rings. The Labute approximate surface area is 121 Å². The highest BCUT2D eigenvalue weighted by atomic mass is 35.5. The normalized spacial score (nSPS) is 18.6. The highest BCUT2D eigenvalue weighted by molar-refractivity contribution is 6.33.